The molecule has 1 saturated carbocycles. The zero-order valence-electron chi connectivity index (χ0n) is 9.94. The maximum Gasteiger partial charge on any atom is 0.0233 e. The van der Waals surface area contributed by atoms with E-state index in [0.717, 1.165) is 18.4 Å². The van der Waals surface area contributed by atoms with Gasteiger partial charge < -0.3 is 0 Å². The highest BCUT2D eigenvalue weighted by molar-refractivity contribution is 5.14. The van der Waals surface area contributed by atoms with Gasteiger partial charge in [0, 0.05) is 19.6 Å². The summed E-state index contributed by atoms with van der Waals surface area (Å²) in [6.07, 6.45) is 5.93. The summed E-state index contributed by atoms with van der Waals surface area (Å²) in [4.78, 5) is 2.69. The third-order valence-corrected chi connectivity index (χ3v) is 4.25. The highest BCUT2D eigenvalue weighted by Crippen LogP contribution is 2.34. The average molecular weight is 215 g/mol. The van der Waals surface area contributed by atoms with E-state index in [1.54, 1.807) is 0 Å². The summed E-state index contributed by atoms with van der Waals surface area (Å²) in [5, 5.41) is 0. The summed E-state index contributed by atoms with van der Waals surface area (Å²) in [6.45, 7) is 3.84. The van der Waals surface area contributed by atoms with Crippen LogP contribution in [0, 0.1) is 11.8 Å². The van der Waals surface area contributed by atoms with Gasteiger partial charge in [0.05, 0.1) is 0 Å². The van der Waals surface area contributed by atoms with E-state index >= 15 is 0 Å². The van der Waals surface area contributed by atoms with Crippen LogP contribution in [0.25, 0.3) is 0 Å². The Balaban J connectivity index is 1.67. The number of benzene rings is 1. The van der Waals surface area contributed by atoms with E-state index in [0.29, 0.717) is 0 Å². The standard InChI is InChI=1S/C15H21N/c1-2-4-13(5-3-1)10-16-11-14-6-7-15(12-16)9-8-14/h1-5,14-15H,6-12H2. The van der Waals surface area contributed by atoms with Gasteiger partial charge in [0.1, 0.15) is 0 Å². The largest absolute Gasteiger partial charge is 0.299 e. The lowest BCUT2D eigenvalue weighted by Crippen LogP contribution is -2.27. The minimum absolute atomic E-state index is 0.988. The smallest absolute Gasteiger partial charge is 0.0233 e. The fourth-order valence-electron chi connectivity index (χ4n) is 3.37. The summed E-state index contributed by atoms with van der Waals surface area (Å²) in [5.41, 5.74) is 1.48. The molecule has 1 heteroatoms. The quantitative estimate of drug-likeness (QED) is 0.731. The molecule has 4 rings (SSSR count). The van der Waals surface area contributed by atoms with Crippen molar-refractivity contribution in [1.29, 1.82) is 0 Å². The Morgan fingerprint density at radius 3 is 2.00 bits per heavy atom. The van der Waals surface area contributed by atoms with E-state index < -0.39 is 0 Å². The van der Waals surface area contributed by atoms with Crippen LogP contribution in [0.15, 0.2) is 30.3 Å². The molecule has 86 valence electrons. The Kier molecular flexibility index (Phi) is 2.96. The Hall–Kier alpha value is -0.820. The summed E-state index contributed by atoms with van der Waals surface area (Å²) < 4.78 is 0. The van der Waals surface area contributed by atoms with Gasteiger partial charge in [-0.25, -0.2) is 0 Å². The Labute approximate surface area is 98.5 Å². The summed E-state index contributed by atoms with van der Waals surface area (Å²) in [6, 6.07) is 10.9. The lowest BCUT2D eigenvalue weighted by molar-refractivity contribution is 0.244. The zero-order chi connectivity index (χ0) is 10.8. The third kappa shape index (κ3) is 2.30. The van der Waals surface area contributed by atoms with Gasteiger partial charge in [-0.15, -0.1) is 0 Å². The number of fused-ring (bicyclic) bond motifs is 4. The molecule has 1 aliphatic carbocycles. The van der Waals surface area contributed by atoms with Crippen LogP contribution >= 0.6 is 0 Å². The second kappa shape index (κ2) is 4.58. The van der Waals surface area contributed by atoms with Gasteiger partial charge in [0.25, 0.3) is 0 Å². The number of rotatable bonds is 2. The first-order chi connectivity index (χ1) is 7.90. The van der Waals surface area contributed by atoms with Crippen LogP contribution in [-0.2, 0) is 6.54 Å². The van der Waals surface area contributed by atoms with Crippen molar-refractivity contribution in [1.82, 2.24) is 4.90 Å². The van der Waals surface area contributed by atoms with Gasteiger partial charge >= 0.3 is 0 Å². The second-order valence-corrected chi connectivity index (χ2v) is 5.57. The fraction of sp³-hybridized carbons (Fsp3) is 0.600. The van der Waals surface area contributed by atoms with E-state index in [2.05, 4.69) is 35.2 Å². The van der Waals surface area contributed by atoms with Gasteiger partial charge in [0.2, 0.25) is 0 Å². The molecule has 3 fully saturated rings. The highest BCUT2D eigenvalue weighted by Gasteiger charge is 2.28. The van der Waals surface area contributed by atoms with Gasteiger partial charge in [-0.05, 0) is 43.1 Å². The van der Waals surface area contributed by atoms with Crippen molar-refractivity contribution in [3.63, 3.8) is 0 Å². The topological polar surface area (TPSA) is 3.24 Å². The van der Waals surface area contributed by atoms with Crippen molar-refractivity contribution in [2.24, 2.45) is 11.8 Å². The van der Waals surface area contributed by atoms with Crippen molar-refractivity contribution in [3.8, 4) is 0 Å². The number of hydrogen-bond donors (Lipinski definition) is 0. The third-order valence-electron chi connectivity index (χ3n) is 4.25. The van der Waals surface area contributed by atoms with Crippen molar-refractivity contribution in [3.05, 3.63) is 35.9 Å². The molecule has 0 spiro atoms. The average Bonchev–Trinajstić information content (AvgIpc) is 2.62. The molecule has 0 aromatic heterocycles. The predicted molar refractivity (Wildman–Crippen MR) is 67.2 cm³/mol. The van der Waals surface area contributed by atoms with Crippen LogP contribution in [-0.4, -0.2) is 18.0 Å². The highest BCUT2D eigenvalue weighted by atomic mass is 15.1. The first kappa shape index (κ1) is 10.3. The number of nitrogens with zero attached hydrogens (tertiary/aromatic N) is 1. The van der Waals surface area contributed by atoms with Gasteiger partial charge in [-0.3, -0.25) is 4.90 Å². The molecule has 0 unspecified atom stereocenters. The van der Waals surface area contributed by atoms with Gasteiger partial charge in [-0.1, -0.05) is 30.3 Å². The van der Waals surface area contributed by atoms with E-state index in [9.17, 15) is 0 Å². The lowest BCUT2D eigenvalue weighted by atomic mass is 9.84. The van der Waals surface area contributed by atoms with Crippen LogP contribution in [0.1, 0.15) is 31.2 Å². The number of hydrogen-bond acceptors (Lipinski definition) is 1. The van der Waals surface area contributed by atoms with E-state index in [4.69, 9.17) is 0 Å². The molecule has 2 heterocycles. The zero-order valence-corrected chi connectivity index (χ0v) is 9.94. The summed E-state index contributed by atoms with van der Waals surface area (Å²) in [5.74, 6) is 1.98. The summed E-state index contributed by atoms with van der Waals surface area (Å²) in [7, 11) is 0. The van der Waals surface area contributed by atoms with Crippen LogP contribution in [0.4, 0.5) is 0 Å². The molecule has 3 aliphatic rings. The van der Waals surface area contributed by atoms with Gasteiger partial charge in [-0.2, -0.15) is 0 Å². The maximum absolute atomic E-state index is 2.69. The van der Waals surface area contributed by atoms with E-state index in [1.807, 2.05) is 0 Å². The predicted octanol–water partition coefficient (Wildman–Crippen LogP) is 3.31. The minimum atomic E-state index is 0.988. The Bertz CT molecular complexity index is 311. The normalized spacial score (nSPS) is 30.2. The fourth-order valence-corrected chi connectivity index (χ4v) is 3.37. The summed E-state index contributed by atoms with van der Waals surface area (Å²) >= 11 is 0. The van der Waals surface area contributed by atoms with Crippen LogP contribution in [0.5, 0.6) is 0 Å². The minimum Gasteiger partial charge on any atom is -0.299 e. The molecule has 2 bridgehead atoms. The van der Waals surface area contributed by atoms with Crippen molar-refractivity contribution >= 4 is 0 Å². The van der Waals surface area contributed by atoms with E-state index in [1.165, 1.54) is 44.3 Å². The Morgan fingerprint density at radius 1 is 0.875 bits per heavy atom. The monoisotopic (exact) mass is 215 g/mol. The molecule has 0 radical (unpaired) electrons. The molecule has 1 nitrogen and oxygen atoms in total. The van der Waals surface area contributed by atoms with Gasteiger partial charge in [0.15, 0.2) is 0 Å². The lowest BCUT2D eigenvalue weighted by Gasteiger charge is -2.22. The first-order valence-electron chi connectivity index (χ1n) is 6.66. The van der Waals surface area contributed by atoms with E-state index in [-0.39, 0.29) is 0 Å². The maximum atomic E-state index is 2.69. The van der Waals surface area contributed by atoms with Crippen LogP contribution in [0.3, 0.4) is 0 Å². The molecule has 0 amide bonds. The Morgan fingerprint density at radius 2 is 1.44 bits per heavy atom. The second-order valence-electron chi connectivity index (χ2n) is 5.57. The molecular weight excluding hydrogens is 194 g/mol. The van der Waals surface area contributed by atoms with Crippen LogP contribution < -0.4 is 0 Å². The van der Waals surface area contributed by atoms with Crippen molar-refractivity contribution < 1.29 is 0 Å². The molecule has 0 N–H and O–H groups in total. The SMILES string of the molecule is c1ccc(CN2CC3CCC(CC3)C2)cc1. The molecule has 0 atom stereocenters. The molecule has 2 aliphatic heterocycles. The first-order valence-corrected chi connectivity index (χ1v) is 6.66. The van der Waals surface area contributed by atoms with Crippen molar-refractivity contribution in [2.75, 3.05) is 13.1 Å². The molecular formula is C15H21N. The molecule has 16 heavy (non-hydrogen) atoms. The molecule has 2 saturated heterocycles. The van der Waals surface area contributed by atoms with Crippen molar-refractivity contribution in [2.45, 2.75) is 32.2 Å². The molecule has 1 aromatic carbocycles. The molecule has 1 aromatic rings. The van der Waals surface area contributed by atoms with Crippen LogP contribution in [0.2, 0.25) is 0 Å².